The van der Waals surface area contributed by atoms with Crippen LogP contribution in [0.5, 0.6) is 0 Å². The Balaban J connectivity index is 1.92. The maximum absolute atomic E-state index is 12.1. The highest BCUT2D eigenvalue weighted by molar-refractivity contribution is 5.95. The van der Waals surface area contributed by atoms with E-state index in [1.165, 1.54) is 0 Å². The van der Waals surface area contributed by atoms with Crippen LogP contribution in [-0.4, -0.2) is 43.9 Å². The number of amides is 2. The Morgan fingerprint density at radius 3 is 2.28 bits per heavy atom. The van der Waals surface area contributed by atoms with Gasteiger partial charge in [-0.05, 0) is 50.0 Å². The molecule has 0 aromatic heterocycles. The van der Waals surface area contributed by atoms with Gasteiger partial charge in [-0.15, -0.1) is 0 Å². The first-order chi connectivity index (χ1) is 12.0. The zero-order chi connectivity index (χ0) is 18.2. The molecule has 0 heterocycles. The molecular formula is C19H24N4O2. The molecule has 2 aromatic carbocycles. The van der Waals surface area contributed by atoms with Gasteiger partial charge in [-0.3, -0.25) is 9.59 Å². The molecule has 0 fully saturated rings. The third-order valence-corrected chi connectivity index (χ3v) is 3.64. The third-order valence-electron chi connectivity index (χ3n) is 3.64. The SMILES string of the molecule is CN(C)CCNC(=O)c1cccc(CNC(=O)c2cccc(N)c2)c1. The largest absolute Gasteiger partial charge is 0.399 e. The van der Waals surface area contributed by atoms with Crippen molar-refractivity contribution in [1.29, 1.82) is 0 Å². The van der Waals surface area contributed by atoms with Crippen LogP contribution in [0.3, 0.4) is 0 Å². The van der Waals surface area contributed by atoms with E-state index < -0.39 is 0 Å². The van der Waals surface area contributed by atoms with Gasteiger partial charge < -0.3 is 21.3 Å². The Bertz CT molecular complexity index is 744. The summed E-state index contributed by atoms with van der Waals surface area (Å²) in [5.41, 5.74) is 8.18. The van der Waals surface area contributed by atoms with E-state index in [0.29, 0.717) is 29.9 Å². The lowest BCUT2D eigenvalue weighted by atomic mass is 10.1. The van der Waals surface area contributed by atoms with Crippen molar-refractivity contribution < 1.29 is 9.59 Å². The molecule has 25 heavy (non-hydrogen) atoms. The summed E-state index contributed by atoms with van der Waals surface area (Å²) in [5.74, 6) is -0.320. The Hall–Kier alpha value is -2.86. The molecule has 6 nitrogen and oxygen atoms in total. The van der Waals surface area contributed by atoms with Gasteiger partial charge in [0.15, 0.2) is 0 Å². The fourth-order valence-corrected chi connectivity index (χ4v) is 2.28. The fraction of sp³-hybridized carbons (Fsp3) is 0.263. The van der Waals surface area contributed by atoms with Crippen LogP contribution in [0.25, 0.3) is 0 Å². The summed E-state index contributed by atoms with van der Waals surface area (Å²) >= 11 is 0. The van der Waals surface area contributed by atoms with Gasteiger partial charge in [0, 0.05) is 36.4 Å². The molecule has 0 aliphatic carbocycles. The van der Waals surface area contributed by atoms with Crippen LogP contribution in [0.15, 0.2) is 48.5 Å². The van der Waals surface area contributed by atoms with E-state index in [-0.39, 0.29) is 11.8 Å². The Morgan fingerprint density at radius 1 is 0.960 bits per heavy atom. The van der Waals surface area contributed by atoms with Crippen molar-refractivity contribution in [2.24, 2.45) is 0 Å². The molecule has 6 heteroatoms. The summed E-state index contributed by atoms with van der Waals surface area (Å²) in [6.07, 6.45) is 0. The van der Waals surface area contributed by atoms with Crippen molar-refractivity contribution in [3.8, 4) is 0 Å². The van der Waals surface area contributed by atoms with Gasteiger partial charge in [0.05, 0.1) is 0 Å². The van der Waals surface area contributed by atoms with Crippen molar-refractivity contribution in [3.05, 3.63) is 65.2 Å². The lowest BCUT2D eigenvalue weighted by Gasteiger charge is -2.11. The smallest absolute Gasteiger partial charge is 0.251 e. The Morgan fingerprint density at radius 2 is 1.60 bits per heavy atom. The lowest BCUT2D eigenvalue weighted by Crippen LogP contribution is -2.31. The molecular weight excluding hydrogens is 316 g/mol. The average molecular weight is 340 g/mol. The van der Waals surface area contributed by atoms with E-state index in [2.05, 4.69) is 10.6 Å². The first-order valence-corrected chi connectivity index (χ1v) is 8.11. The zero-order valence-corrected chi connectivity index (χ0v) is 14.6. The predicted octanol–water partition coefficient (Wildman–Crippen LogP) is 1.49. The topological polar surface area (TPSA) is 87.5 Å². The minimum atomic E-state index is -0.201. The molecule has 132 valence electrons. The van der Waals surface area contributed by atoms with Gasteiger partial charge in [0.1, 0.15) is 0 Å². The van der Waals surface area contributed by atoms with E-state index in [4.69, 9.17) is 5.73 Å². The van der Waals surface area contributed by atoms with Crippen LogP contribution in [0, 0.1) is 0 Å². The van der Waals surface area contributed by atoms with Crippen molar-refractivity contribution in [2.75, 3.05) is 32.9 Å². The summed E-state index contributed by atoms with van der Waals surface area (Å²) in [4.78, 5) is 26.3. The normalized spacial score (nSPS) is 10.5. The molecule has 0 saturated carbocycles. The third kappa shape index (κ3) is 5.93. The predicted molar refractivity (Wildman–Crippen MR) is 99.4 cm³/mol. The molecule has 0 spiro atoms. The van der Waals surface area contributed by atoms with Gasteiger partial charge in [0.2, 0.25) is 0 Å². The number of benzene rings is 2. The summed E-state index contributed by atoms with van der Waals surface area (Å²) in [7, 11) is 3.91. The number of rotatable bonds is 7. The highest BCUT2D eigenvalue weighted by Crippen LogP contribution is 2.08. The maximum atomic E-state index is 12.1. The molecule has 0 atom stereocenters. The Labute approximate surface area is 148 Å². The number of hydrogen-bond acceptors (Lipinski definition) is 4. The second-order valence-corrected chi connectivity index (χ2v) is 6.07. The molecule has 2 amide bonds. The highest BCUT2D eigenvalue weighted by atomic mass is 16.2. The van der Waals surface area contributed by atoms with Crippen LogP contribution in [-0.2, 0) is 6.54 Å². The number of nitrogens with zero attached hydrogens (tertiary/aromatic N) is 1. The maximum Gasteiger partial charge on any atom is 0.251 e. The first-order valence-electron chi connectivity index (χ1n) is 8.11. The van der Waals surface area contributed by atoms with Crippen LogP contribution in [0.2, 0.25) is 0 Å². The first kappa shape index (κ1) is 18.5. The van der Waals surface area contributed by atoms with Gasteiger partial charge >= 0.3 is 0 Å². The van der Waals surface area contributed by atoms with Crippen molar-refractivity contribution >= 4 is 17.5 Å². The molecule has 0 aliphatic rings. The minimum Gasteiger partial charge on any atom is -0.399 e. The molecule has 0 radical (unpaired) electrons. The fourth-order valence-electron chi connectivity index (χ4n) is 2.28. The van der Waals surface area contributed by atoms with Crippen molar-refractivity contribution in [3.63, 3.8) is 0 Å². The van der Waals surface area contributed by atoms with Gasteiger partial charge in [-0.1, -0.05) is 18.2 Å². The molecule has 0 aliphatic heterocycles. The number of hydrogen-bond donors (Lipinski definition) is 3. The van der Waals surface area contributed by atoms with E-state index >= 15 is 0 Å². The minimum absolute atomic E-state index is 0.120. The second-order valence-electron chi connectivity index (χ2n) is 6.07. The van der Waals surface area contributed by atoms with Crippen LogP contribution in [0.4, 0.5) is 5.69 Å². The van der Waals surface area contributed by atoms with Crippen LogP contribution < -0.4 is 16.4 Å². The molecule has 2 rings (SSSR count). The summed E-state index contributed by atoms with van der Waals surface area (Å²) in [5, 5.41) is 5.71. The summed E-state index contributed by atoms with van der Waals surface area (Å²) < 4.78 is 0. The van der Waals surface area contributed by atoms with E-state index in [1.54, 1.807) is 36.4 Å². The van der Waals surface area contributed by atoms with Gasteiger partial charge in [-0.2, -0.15) is 0 Å². The number of nitrogen functional groups attached to an aromatic ring is 1. The lowest BCUT2D eigenvalue weighted by molar-refractivity contribution is 0.0945. The number of nitrogens with one attached hydrogen (secondary N) is 2. The van der Waals surface area contributed by atoms with E-state index in [0.717, 1.165) is 12.1 Å². The van der Waals surface area contributed by atoms with Crippen molar-refractivity contribution in [2.45, 2.75) is 6.54 Å². The van der Waals surface area contributed by atoms with E-state index in [1.807, 2.05) is 31.1 Å². The number of likely N-dealkylation sites (N-methyl/N-ethyl adjacent to an activating group) is 1. The quantitative estimate of drug-likeness (QED) is 0.667. The molecule has 4 N–H and O–H groups in total. The molecule has 0 bridgehead atoms. The number of nitrogens with two attached hydrogens (primary N) is 1. The van der Waals surface area contributed by atoms with Gasteiger partial charge in [-0.25, -0.2) is 0 Å². The number of anilines is 1. The van der Waals surface area contributed by atoms with Crippen molar-refractivity contribution in [1.82, 2.24) is 15.5 Å². The van der Waals surface area contributed by atoms with Crippen LogP contribution >= 0.6 is 0 Å². The number of carbonyl (C=O) groups is 2. The molecule has 0 saturated heterocycles. The molecule has 2 aromatic rings. The van der Waals surface area contributed by atoms with Gasteiger partial charge in [0.25, 0.3) is 11.8 Å². The highest BCUT2D eigenvalue weighted by Gasteiger charge is 2.08. The molecule has 0 unspecified atom stereocenters. The summed E-state index contributed by atoms with van der Waals surface area (Å²) in [6, 6.07) is 14.0. The van der Waals surface area contributed by atoms with E-state index in [9.17, 15) is 9.59 Å². The number of carbonyl (C=O) groups excluding carboxylic acids is 2. The summed E-state index contributed by atoms with van der Waals surface area (Å²) in [6.45, 7) is 1.70. The zero-order valence-electron chi connectivity index (χ0n) is 14.6. The Kier molecular flexibility index (Phi) is 6.54. The standard InChI is InChI=1S/C19H24N4O2/c1-23(2)10-9-21-18(24)15-6-3-5-14(11-15)13-22-19(25)16-7-4-8-17(20)12-16/h3-8,11-12H,9-10,13,20H2,1-2H3,(H,21,24)(H,22,25). The van der Waals surface area contributed by atoms with Crippen LogP contribution in [0.1, 0.15) is 26.3 Å². The second kappa shape index (κ2) is 8.84. The monoisotopic (exact) mass is 340 g/mol. The average Bonchev–Trinajstić information content (AvgIpc) is 2.59.